The fourth-order valence-electron chi connectivity index (χ4n) is 2.63. The highest BCUT2D eigenvalue weighted by Gasteiger charge is 2.20. The van der Waals surface area contributed by atoms with Gasteiger partial charge in [-0.05, 0) is 32.4 Å². The maximum Gasteiger partial charge on any atom is 0.219 e. The quantitative estimate of drug-likeness (QED) is 0.750. The van der Waals surface area contributed by atoms with Crippen LogP contribution in [0.15, 0.2) is 0 Å². The molecule has 0 aliphatic carbocycles. The highest BCUT2D eigenvalue weighted by molar-refractivity contribution is 5.73. The first kappa shape index (κ1) is 11.9. The largest absolute Gasteiger partial charge is 0.340 e. The SMILES string of the molecule is CC(=O)N1CCN(CC[C@@H]2CCCN2)CC1. The smallest absolute Gasteiger partial charge is 0.219 e. The van der Waals surface area contributed by atoms with E-state index >= 15 is 0 Å². The zero-order chi connectivity index (χ0) is 11.4. The lowest BCUT2D eigenvalue weighted by Gasteiger charge is -2.34. The molecule has 4 heteroatoms. The monoisotopic (exact) mass is 225 g/mol. The minimum Gasteiger partial charge on any atom is -0.340 e. The van der Waals surface area contributed by atoms with Crippen LogP contribution in [0.3, 0.4) is 0 Å². The van der Waals surface area contributed by atoms with Crippen LogP contribution in [0.2, 0.25) is 0 Å². The molecule has 2 heterocycles. The number of carbonyl (C=O) groups is 1. The average molecular weight is 225 g/mol. The number of nitrogens with one attached hydrogen (secondary N) is 1. The van der Waals surface area contributed by atoms with Crippen molar-refractivity contribution in [2.75, 3.05) is 39.3 Å². The predicted molar refractivity (Wildman–Crippen MR) is 64.3 cm³/mol. The molecule has 2 saturated heterocycles. The normalized spacial score (nSPS) is 27.3. The van der Waals surface area contributed by atoms with Crippen molar-refractivity contribution in [3.05, 3.63) is 0 Å². The molecular weight excluding hydrogens is 202 g/mol. The Balaban J connectivity index is 1.63. The van der Waals surface area contributed by atoms with Gasteiger partial charge in [0.2, 0.25) is 5.91 Å². The van der Waals surface area contributed by atoms with Crippen LogP contribution in [0.1, 0.15) is 26.2 Å². The molecule has 2 aliphatic heterocycles. The Morgan fingerprint density at radius 3 is 2.62 bits per heavy atom. The van der Waals surface area contributed by atoms with Crippen LogP contribution in [-0.2, 0) is 4.79 Å². The molecule has 0 unspecified atom stereocenters. The Bertz CT molecular complexity index is 230. The second-order valence-corrected chi connectivity index (χ2v) is 4.93. The van der Waals surface area contributed by atoms with Gasteiger partial charge in [0.15, 0.2) is 0 Å². The van der Waals surface area contributed by atoms with Gasteiger partial charge in [-0.25, -0.2) is 0 Å². The van der Waals surface area contributed by atoms with E-state index in [4.69, 9.17) is 0 Å². The first-order valence-corrected chi connectivity index (χ1v) is 6.47. The predicted octanol–water partition coefficient (Wildman–Crippen LogP) is 0.293. The molecule has 2 rings (SSSR count). The number of amides is 1. The number of piperazine rings is 1. The molecule has 2 fully saturated rings. The van der Waals surface area contributed by atoms with Crippen molar-refractivity contribution in [2.24, 2.45) is 0 Å². The third-order valence-electron chi connectivity index (χ3n) is 3.77. The van der Waals surface area contributed by atoms with Gasteiger partial charge in [-0.2, -0.15) is 0 Å². The first-order chi connectivity index (χ1) is 7.75. The topological polar surface area (TPSA) is 35.6 Å². The summed E-state index contributed by atoms with van der Waals surface area (Å²) >= 11 is 0. The molecule has 92 valence electrons. The minimum absolute atomic E-state index is 0.220. The zero-order valence-corrected chi connectivity index (χ0v) is 10.2. The summed E-state index contributed by atoms with van der Waals surface area (Å²) in [6, 6.07) is 0.742. The van der Waals surface area contributed by atoms with E-state index in [9.17, 15) is 4.79 Å². The summed E-state index contributed by atoms with van der Waals surface area (Å²) in [7, 11) is 0. The van der Waals surface area contributed by atoms with Crippen molar-refractivity contribution < 1.29 is 4.79 Å². The Labute approximate surface area is 98.0 Å². The summed E-state index contributed by atoms with van der Waals surface area (Å²) in [6.07, 6.45) is 3.94. The van der Waals surface area contributed by atoms with Gasteiger partial charge >= 0.3 is 0 Å². The molecule has 0 spiro atoms. The van der Waals surface area contributed by atoms with Gasteiger partial charge < -0.3 is 10.2 Å². The fraction of sp³-hybridized carbons (Fsp3) is 0.917. The molecule has 0 radical (unpaired) electrons. The van der Waals surface area contributed by atoms with Crippen LogP contribution in [0.25, 0.3) is 0 Å². The lowest BCUT2D eigenvalue weighted by atomic mass is 10.1. The van der Waals surface area contributed by atoms with Crippen molar-refractivity contribution >= 4 is 5.91 Å². The van der Waals surface area contributed by atoms with Gasteiger partial charge in [-0.3, -0.25) is 9.69 Å². The van der Waals surface area contributed by atoms with Gasteiger partial charge in [0.25, 0.3) is 0 Å². The first-order valence-electron chi connectivity index (χ1n) is 6.47. The third-order valence-corrected chi connectivity index (χ3v) is 3.77. The van der Waals surface area contributed by atoms with E-state index in [1.54, 1.807) is 6.92 Å². The molecule has 0 saturated carbocycles. The Kier molecular flexibility index (Phi) is 4.18. The summed E-state index contributed by atoms with van der Waals surface area (Å²) < 4.78 is 0. The molecule has 16 heavy (non-hydrogen) atoms. The number of carbonyl (C=O) groups excluding carboxylic acids is 1. The van der Waals surface area contributed by atoms with Crippen LogP contribution in [0.5, 0.6) is 0 Å². The molecule has 1 atom stereocenters. The van der Waals surface area contributed by atoms with Crippen LogP contribution >= 0.6 is 0 Å². The Morgan fingerprint density at radius 1 is 1.31 bits per heavy atom. The minimum atomic E-state index is 0.220. The van der Waals surface area contributed by atoms with Gasteiger partial charge in [0.1, 0.15) is 0 Å². The molecular formula is C12H23N3O. The fourth-order valence-corrected chi connectivity index (χ4v) is 2.63. The molecule has 1 N–H and O–H groups in total. The second-order valence-electron chi connectivity index (χ2n) is 4.93. The number of hydrogen-bond acceptors (Lipinski definition) is 3. The van der Waals surface area contributed by atoms with Crippen LogP contribution in [0.4, 0.5) is 0 Å². The lowest BCUT2D eigenvalue weighted by Crippen LogP contribution is -2.48. The van der Waals surface area contributed by atoms with E-state index in [1.807, 2.05) is 4.90 Å². The Hall–Kier alpha value is -0.610. The molecule has 0 bridgehead atoms. The van der Waals surface area contributed by atoms with Gasteiger partial charge in [-0.1, -0.05) is 0 Å². The summed E-state index contributed by atoms with van der Waals surface area (Å²) in [6.45, 7) is 7.96. The van der Waals surface area contributed by atoms with E-state index in [-0.39, 0.29) is 5.91 Å². The van der Waals surface area contributed by atoms with Crippen molar-refractivity contribution in [1.29, 1.82) is 0 Å². The molecule has 2 aliphatic rings. The number of rotatable bonds is 3. The van der Waals surface area contributed by atoms with E-state index in [1.165, 1.54) is 32.4 Å². The van der Waals surface area contributed by atoms with Crippen LogP contribution in [-0.4, -0.2) is 61.0 Å². The van der Waals surface area contributed by atoms with Gasteiger partial charge in [-0.15, -0.1) is 0 Å². The average Bonchev–Trinajstić information content (AvgIpc) is 2.80. The molecule has 4 nitrogen and oxygen atoms in total. The molecule has 0 aromatic rings. The maximum atomic E-state index is 11.2. The summed E-state index contributed by atoms with van der Waals surface area (Å²) in [4.78, 5) is 15.6. The summed E-state index contributed by atoms with van der Waals surface area (Å²) in [5, 5.41) is 3.53. The highest BCUT2D eigenvalue weighted by Crippen LogP contribution is 2.10. The second kappa shape index (κ2) is 5.64. The maximum absolute atomic E-state index is 11.2. The van der Waals surface area contributed by atoms with Gasteiger partial charge in [0, 0.05) is 39.1 Å². The molecule has 1 amide bonds. The van der Waals surface area contributed by atoms with Crippen molar-refractivity contribution in [2.45, 2.75) is 32.2 Å². The Morgan fingerprint density at radius 2 is 2.06 bits per heavy atom. The van der Waals surface area contributed by atoms with Crippen LogP contribution in [0, 0.1) is 0 Å². The van der Waals surface area contributed by atoms with E-state index < -0.39 is 0 Å². The number of hydrogen-bond donors (Lipinski definition) is 1. The third kappa shape index (κ3) is 3.19. The zero-order valence-electron chi connectivity index (χ0n) is 10.2. The van der Waals surface area contributed by atoms with Crippen molar-refractivity contribution in [1.82, 2.24) is 15.1 Å². The summed E-state index contributed by atoms with van der Waals surface area (Å²) in [5.41, 5.74) is 0. The van der Waals surface area contributed by atoms with Crippen molar-refractivity contribution in [3.8, 4) is 0 Å². The highest BCUT2D eigenvalue weighted by atomic mass is 16.2. The molecule has 0 aromatic carbocycles. The van der Waals surface area contributed by atoms with E-state index in [2.05, 4.69) is 10.2 Å². The standard InChI is InChI=1S/C12H23N3O/c1-11(16)15-9-7-14(8-10-15)6-4-12-3-2-5-13-12/h12-13H,2-10H2,1H3/t12-/m0/s1. The summed E-state index contributed by atoms with van der Waals surface area (Å²) in [5.74, 6) is 0.220. The van der Waals surface area contributed by atoms with Crippen molar-refractivity contribution in [3.63, 3.8) is 0 Å². The van der Waals surface area contributed by atoms with E-state index in [0.717, 1.165) is 32.2 Å². The van der Waals surface area contributed by atoms with Gasteiger partial charge in [0.05, 0.1) is 0 Å². The van der Waals surface area contributed by atoms with Crippen LogP contribution < -0.4 is 5.32 Å². The lowest BCUT2D eigenvalue weighted by molar-refractivity contribution is -0.130. The molecule has 0 aromatic heterocycles. The van der Waals surface area contributed by atoms with E-state index in [0.29, 0.717) is 0 Å². The number of nitrogens with zero attached hydrogens (tertiary/aromatic N) is 2.